The molecule has 3 nitrogen and oxygen atoms in total. The summed E-state index contributed by atoms with van der Waals surface area (Å²) in [5, 5.41) is 0. The molecule has 0 aliphatic heterocycles. The van der Waals surface area contributed by atoms with Crippen LogP contribution in [0.5, 0.6) is 0 Å². The predicted molar refractivity (Wildman–Crippen MR) is 53.0 cm³/mol. The first kappa shape index (κ1) is 12.0. The first-order valence-corrected chi connectivity index (χ1v) is 4.83. The molecule has 0 spiro atoms. The zero-order valence-electron chi connectivity index (χ0n) is 8.51. The number of unbranched alkanes of at least 4 members (excludes halogenated alkanes) is 2. The molecule has 0 unspecified atom stereocenters. The minimum absolute atomic E-state index is 0.337. The number of esters is 1. The van der Waals surface area contributed by atoms with Gasteiger partial charge < -0.3 is 10.5 Å². The number of hydrogen-bond donors (Lipinski definition) is 1. The number of carbonyl (C=O) groups excluding carboxylic acids is 1. The standard InChI is InChI=1S/C10H19NO2/c1-3-5-6-7-9(11)8-10(12)13-4-2/h8H,3-7,11H2,1-2H3/b9-8-. The Kier molecular flexibility index (Phi) is 7.07. The molecule has 0 bridgehead atoms. The monoisotopic (exact) mass is 185 g/mol. The van der Waals surface area contributed by atoms with Crippen molar-refractivity contribution in [1.29, 1.82) is 0 Å². The average Bonchev–Trinajstić information content (AvgIpc) is 2.05. The second-order valence-corrected chi connectivity index (χ2v) is 2.93. The molecule has 76 valence electrons. The molecule has 0 saturated heterocycles. The van der Waals surface area contributed by atoms with Crippen LogP contribution in [0.1, 0.15) is 39.5 Å². The highest BCUT2D eigenvalue weighted by molar-refractivity contribution is 5.82. The molecule has 3 heteroatoms. The highest BCUT2D eigenvalue weighted by atomic mass is 16.5. The number of hydrogen-bond acceptors (Lipinski definition) is 3. The zero-order valence-corrected chi connectivity index (χ0v) is 8.51. The molecule has 0 aromatic rings. The van der Waals surface area contributed by atoms with Crippen LogP contribution in [0.4, 0.5) is 0 Å². The molecule has 0 heterocycles. The van der Waals surface area contributed by atoms with Crippen LogP contribution in [0.15, 0.2) is 11.8 Å². The Balaban J connectivity index is 3.67. The van der Waals surface area contributed by atoms with Crippen LogP contribution in [0, 0.1) is 0 Å². The summed E-state index contributed by atoms with van der Waals surface area (Å²) in [6, 6.07) is 0. The van der Waals surface area contributed by atoms with Crippen molar-refractivity contribution in [2.75, 3.05) is 6.61 Å². The van der Waals surface area contributed by atoms with Crippen LogP contribution in [0.25, 0.3) is 0 Å². The van der Waals surface area contributed by atoms with E-state index in [0.29, 0.717) is 12.3 Å². The van der Waals surface area contributed by atoms with Gasteiger partial charge in [-0.1, -0.05) is 19.8 Å². The van der Waals surface area contributed by atoms with Crippen molar-refractivity contribution in [3.05, 3.63) is 11.8 Å². The van der Waals surface area contributed by atoms with Gasteiger partial charge in [-0.3, -0.25) is 0 Å². The van der Waals surface area contributed by atoms with Gasteiger partial charge in [0.15, 0.2) is 0 Å². The predicted octanol–water partition coefficient (Wildman–Crippen LogP) is 1.97. The van der Waals surface area contributed by atoms with Crippen molar-refractivity contribution in [3.63, 3.8) is 0 Å². The summed E-state index contributed by atoms with van der Waals surface area (Å²) in [7, 11) is 0. The second kappa shape index (κ2) is 7.65. The lowest BCUT2D eigenvalue weighted by atomic mass is 10.1. The Morgan fingerprint density at radius 3 is 2.62 bits per heavy atom. The molecule has 0 aliphatic rings. The third-order valence-electron chi connectivity index (χ3n) is 1.66. The molecule has 0 radical (unpaired) electrons. The zero-order chi connectivity index (χ0) is 10.1. The molecule has 0 fully saturated rings. The van der Waals surface area contributed by atoms with Crippen molar-refractivity contribution in [2.45, 2.75) is 39.5 Å². The molecular formula is C10H19NO2. The van der Waals surface area contributed by atoms with E-state index < -0.39 is 0 Å². The van der Waals surface area contributed by atoms with Gasteiger partial charge >= 0.3 is 5.97 Å². The Labute approximate surface area is 79.9 Å². The fourth-order valence-corrected chi connectivity index (χ4v) is 0.987. The fourth-order valence-electron chi connectivity index (χ4n) is 0.987. The van der Waals surface area contributed by atoms with E-state index in [1.165, 1.54) is 6.08 Å². The molecule has 13 heavy (non-hydrogen) atoms. The molecule has 0 aliphatic carbocycles. The lowest BCUT2D eigenvalue weighted by molar-refractivity contribution is -0.137. The maximum absolute atomic E-state index is 10.9. The van der Waals surface area contributed by atoms with Crippen molar-refractivity contribution in [1.82, 2.24) is 0 Å². The average molecular weight is 185 g/mol. The lowest BCUT2D eigenvalue weighted by Crippen LogP contribution is -2.05. The van der Waals surface area contributed by atoms with Gasteiger partial charge in [0.2, 0.25) is 0 Å². The number of rotatable bonds is 6. The topological polar surface area (TPSA) is 52.3 Å². The highest BCUT2D eigenvalue weighted by Crippen LogP contribution is 2.03. The number of nitrogens with two attached hydrogens (primary N) is 1. The summed E-state index contributed by atoms with van der Waals surface area (Å²) in [4.78, 5) is 10.9. The fraction of sp³-hybridized carbons (Fsp3) is 0.700. The van der Waals surface area contributed by atoms with Crippen molar-refractivity contribution < 1.29 is 9.53 Å². The summed E-state index contributed by atoms with van der Waals surface area (Å²) in [6.45, 7) is 4.31. The SMILES string of the molecule is CCCCC/C(N)=C/C(=O)OCC. The molecule has 0 rings (SSSR count). The van der Waals surface area contributed by atoms with E-state index in [4.69, 9.17) is 10.5 Å². The Morgan fingerprint density at radius 1 is 1.38 bits per heavy atom. The van der Waals surface area contributed by atoms with Crippen LogP contribution in [-0.2, 0) is 9.53 Å². The molecule has 0 amide bonds. The summed E-state index contributed by atoms with van der Waals surface area (Å²) in [5.74, 6) is -0.337. The normalized spacial score (nSPS) is 11.4. The van der Waals surface area contributed by atoms with Gasteiger partial charge in [0.1, 0.15) is 0 Å². The van der Waals surface area contributed by atoms with E-state index in [-0.39, 0.29) is 5.97 Å². The van der Waals surface area contributed by atoms with Gasteiger partial charge in [-0.05, 0) is 19.8 Å². The maximum Gasteiger partial charge on any atom is 0.332 e. The molecule has 0 atom stereocenters. The Morgan fingerprint density at radius 2 is 2.08 bits per heavy atom. The molecule has 0 saturated carbocycles. The Bertz CT molecular complexity index is 176. The summed E-state index contributed by atoms with van der Waals surface area (Å²) < 4.78 is 4.72. The van der Waals surface area contributed by atoms with Crippen molar-refractivity contribution in [3.8, 4) is 0 Å². The van der Waals surface area contributed by atoms with Gasteiger partial charge in [0.05, 0.1) is 6.61 Å². The third kappa shape index (κ3) is 7.37. The number of ether oxygens (including phenoxy) is 1. The largest absolute Gasteiger partial charge is 0.463 e. The van der Waals surface area contributed by atoms with Crippen molar-refractivity contribution in [2.24, 2.45) is 5.73 Å². The number of allylic oxidation sites excluding steroid dienone is 1. The van der Waals surface area contributed by atoms with Crippen LogP contribution in [0.3, 0.4) is 0 Å². The van der Waals surface area contributed by atoms with E-state index in [9.17, 15) is 4.79 Å². The van der Waals surface area contributed by atoms with E-state index in [1.807, 2.05) is 0 Å². The van der Waals surface area contributed by atoms with Crippen molar-refractivity contribution >= 4 is 5.97 Å². The van der Waals surface area contributed by atoms with Gasteiger partial charge in [-0.2, -0.15) is 0 Å². The van der Waals surface area contributed by atoms with E-state index in [2.05, 4.69) is 6.92 Å². The maximum atomic E-state index is 10.9. The van der Waals surface area contributed by atoms with Gasteiger partial charge in [0.25, 0.3) is 0 Å². The number of carbonyl (C=O) groups is 1. The molecule has 0 aromatic carbocycles. The summed E-state index contributed by atoms with van der Waals surface area (Å²) in [5.41, 5.74) is 6.22. The van der Waals surface area contributed by atoms with Gasteiger partial charge in [0, 0.05) is 11.8 Å². The quantitative estimate of drug-likeness (QED) is 0.391. The van der Waals surface area contributed by atoms with Gasteiger partial charge in [-0.25, -0.2) is 4.79 Å². The smallest absolute Gasteiger partial charge is 0.332 e. The summed E-state index contributed by atoms with van der Waals surface area (Å²) in [6.07, 6.45) is 5.51. The van der Waals surface area contributed by atoms with Crippen LogP contribution in [0.2, 0.25) is 0 Å². The first-order chi connectivity index (χ1) is 6.20. The van der Waals surface area contributed by atoms with Crippen LogP contribution >= 0.6 is 0 Å². The second-order valence-electron chi connectivity index (χ2n) is 2.93. The van der Waals surface area contributed by atoms with E-state index in [1.54, 1.807) is 6.92 Å². The summed E-state index contributed by atoms with van der Waals surface area (Å²) >= 11 is 0. The highest BCUT2D eigenvalue weighted by Gasteiger charge is 1.98. The van der Waals surface area contributed by atoms with E-state index in [0.717, 1.165) is 25.7 Å². The van der Waals surface area contributed by atoms with Crippen LogP contribution in [-0.4, -0.2) is 12.6 Å². The molecule has 2 N–H and O–H groups in total. The van der Waals surface area contributed by atoms with Gasteiger partial charge in [-0.15, -0.1) is 0 Å². The van der Waals surface area contributed by atoms with Crippen LogP contribution < -0.4 is 5.73 Å². The first-order valence-electron chi connectivity index (χ1n) is 4.83. The Hall–Kier alpha value is -0.990. The van der Waals surface area contributed by atoms with E-state index >= 15 is 0 Å². The molecular weight excluding hydrogens is 166 g/mol. The third-order valence-corrected chi connectivity index (χ3v) is 1.66. The minimum Gasteiger partial charge on any atom is -0.463 e. The lowest BCUT2D eigenvalue weighted by Gasteiger charge is -2.00. The minimum atomic E-state index is -0.337. The molecule has 0 aromatic heterocycles.